The number of rotatable bonds is 8. The quantitative estimate of drug-likeness (QED) is 0.551. The minimum atomic E-state index is -1.29. The number of anilines is 1. The standard InChI is InChI=1S/C21H24N2O5/c1-3-4-10-15(22)19(24)23-16-11-14(20(25)26)18(13-8-6-5-7-9-13)17(12(16)2)21(27)28/h5-9,11,15H,3-4,10,22H2,1-2H3,(H,23,24)(H,25,26)(H,27,28)/t15-/m0/s1. The van der Waals surface area contributed by atoms with Gasteiger partial charge in [-0.1, -0.05) is 50.1 Å². The molecular formula is C21H24N2O5. The molecule has 0 aliphatic carbocycles. The molecule has 2 aromatic rings. The van der Waals surface area contributed by atoms with Gasteiger partial charge in [0.1, 0.15) is 0 Å². The SMILES string of the molecule is CCCC[C@H](N)C(=O)Nc1cc(C(=O)O)c(-c2ccccc2)c(C(=O)O)c1C. The number of carboxylic acids is 2. The second kappa shape index (κ2) is 9.14. The van der Waals surface area contributed by atoms with Gasteiger partial charge in [-0.25, -0.2) is 9.59 Å². The van der Waals surface area contributed by atoms with Crippen LogP contribution in [-0.4, -0.2) is 34.1 Å². The van der Waals surface area contributed by atoms with Crippen LogP contribution in [0.3, 0.4) is 0 Å². The summed E-state index contributed by atoms with van der Waals surface area (Å²) in [5.74, 6) is -3.03. The third kappa shape index (κ3) is 4.55. The monoisotopic (exact) mass is 384 g/mol. The first-order chi connectivity index (χ1) is 13.3. The van der Waals surface area contributed by atoms with Gasteiger partial charge in [0.2, 0.25) is 5.91 Å². The largest absolute Gasteiger partial charge is 0.478 e. The lowest BCUT2D eigenvalue weighted by Crippen LogP contribution is -2.35. The highest BCUT2D eigenvalue weighted by Gasteiger charge is 2.26. The van der Waals surface area contributed by atoms with Crippen LogP contribution in [0.5, 0.6) is 0 Å². The van der Waals surface area contributed by atoms with Crippen molar-refractivity contribution in [1.82, 2.24) is 0 Å². The molecule has 0 heterocycles. The van der Waals surface area contributed by atoms with E-state index in [0.29, 0.717) is 12.0 Å². The van der Waals surface area contributed by atoms with Crippen molar-refractivity contribution in [1.29, 1.82) is 0 Å². The van der Waals surface area contributed by atoms with Crippen LogP contribution >= 0.6 is 0 Å². The molecule has 0 saturated heterocycles. The molecule has 0 aliphatic rings. The lowest BCUT2D eigenvalue weighted by molar-refractivity contribution is -0.117. The number of benzene rings is 2. The molecular weight excluding hydrogens is 360 g/mol. The molecule has 2 rings (SSSR count). The molecule has 1 amide bonds. The highest BCUT2D eigenvalue weighted by atomic mass is 16.4. The Bertz CT molecular complexity index is 893. The number of carbonyl (C=O) groups is 3. The van der Waals surface area contributed by atoms with Crippen LogP contribution in [0.4, 0.5) is 5.69 Å². The van der Waals surface area contributed by atoms with Gasteiger partial charge in [0.05, 0.1) is 17.2 Å². The molecule has 7 heteroatoms. The highest BCUT2D eigenvalue weighted by molar-refractivity contribution is 6.09. The van der Waals surface area contributed by atoms with Crippen molar-refractivity contribution >= 4 is 23.5 Å². The first-order valence-corrected chi connectivity index (χ1v) is 9.03. The molecule has 0 spiro atoms. The van der Waals surface area contributed by atoms with E-state index in [1.807, 2.05) is 6.92 Å². The van der Waals surface area contributed by atoms with Crippen LogP contribution in [0.1, 0.15) is 52.5 Å². The molecule has 0 saturated carbocycles. The topological polar surface area (TPSA) is 130 Å². The zero-order valence-electron chi connectivity index (χ0n) is 15.9. The van der Waals surface area contributed by atoms with Crippen molar-refractivity contribution in [2.45, 2.75) is 39.2 Å². The summed E-state index contributed by atoms with van der Waals surface area (Å²) < 4.78 is 0. The van der Waals surface area contributed by atoms with E-state index in [-0.39, 0.29) is 27.9 Å². The Morgan fingerprint density at radius 3 is 2.29 bits per heavy atom. The smallest absolute Gasteiger partial charge is 0.336 e. The second-order valence-electron chi connectivity index (χ2n) is 6.56. The number of carbonyl (C=O) groups excluding carboxylic acids is 1. The van der Waals surface area contributed by atoms with E-state index in [1.54, 1.807) is 30.3 Å². The average molecular weight is 384 g/mol. The number of carboxylic acid groups (broad SMARTS) is 2. The van der Waals surface area contributed by atoms with E-state index in [4.69, 9.17) is 5.73 Å². The normalized spacial score (nSPS) is 11.7. The number of unbranched alkanes of at least 4 members (excludes halogenated alkanes) is 1. The van der Waals surface area contributed by atoms with E-state index in [1.165, 1.54) is 13.0 Å². The third-order valence-electron chi connectivity index (χ3n) is 4.56. The summed E-state index contributed by atoms with van der Waals surface area (Å²) in [6.07, 6.45) is 2.15. The summed E-state index contributed by atoms with van der Waals surface area (Å²) in [5, 5.41) is 22.0. The maximum Gasteiger partial charge on any atom is 0.336 e. The lowest BCUT2D eigenvalue weighted by atomic mass is 9.90. The van der Waals surface area contributed by atoms with Crippen molar-refractivity contribution in [2.24, 2.45) is 5.73 Å². The fourth-order valence-electron chi connectivity index (χ4n) is 3.03. The Morgan fingerprint density at radius 1 is 1.11 bits per heavy atom. The van der Waals surface area contributed by atoms with Gasteiger partial charge in [0, 0.05) is 11.3 Å². The molecule has 0 radical (unpaired) electrons. The molecule has 28 heavy (non-hydrogen) atoms. The summed E-state index contributed by atoms with van der Waals surface area (Å²) in [6, 6.07) is 8.98. The van der Waals surface area contributed by atoms with E-state index >= 15 is 0 Å². The summed E-state index contributed by atoms with van der Waals surface area (Å²) in [6.45, 7) is 3.52. The molecule has 2 aromatic carbocycles. The number of nitrogens with one attached hydrogen (secondary N) is 1. The first-order valence-electron chi connectivity index (χ1n) is 9.03. The van der Waals surface area contributed by atoms with Crippen molar-refractivity contribution in [3.63, 3.8) is 0 Å². The van der Waals surface area contributed by atoms with Gasteiger partial charge in [-0.2, -0.15) is 0 Å². The number of hydrogen-bond acceptors (Lipinski definition) is 4. The van der Waals surface area contributed by atoms with Gasteiger partial charge < -0.3 is 21.3 Å². The molecule has 0 aromatic heterocycles. The van der Waals surface area contributed by atoms with E-state index in [9.17, 15) is 24.6 Å². The van der Waals surface area contributed by atoms with Gasteiger partial charge >= 0.3 is 11.9 Å². The fraction of sp³-hybridized carbons (Fsp3) is 0.286. The predicted molar refractivity (Wildman–Crippen MR) is 107 cm³/mol. The molecule has 0 fully saturated rings. The van der Waals surface area contributed by atoms with Gasteiger partial charge in [0.15, 0.2) is 0 Å². The minimum absolute atomic E-state index is 0.103. The maximum absolute atomic E-state index is 12.4. The maximum atomic E-state index is 12.4. The second-order valence-corrected chi connectivity index (χ2v) is 6.56. The summed E-state index contributed by atoms with van der Waals surface area (Å²) in [4.78, 5) is 36.2. The molecule has 1 atom stereocenters. The zero-order valence-corrected chi connectivity index (χ0v) is 15.9. The Morgan fingerprint density at radius 2 is 1.75 bits per heavy atom. The lowest BCUT2D eigenvalue weighted by Gasteiger charge is -2.19. The zero-order chi connectivity index (χ0) is 20.8. The Labute approximate surface area is 163 Å². The first kappa shape index (κ1) is 21.1. The van der Waals surface area contributed by atoms with Crippen molar-refractivity contribution in [2.75, 3.05) is 5.32 Å². The van der Waals surface area contributed by atoms with Crippen molar-refractivity contribution < 1.29 is 24.6 Å². The fourth-order valence-corrected chi connectivity index (χ4v) is 3.03. The number of aromatic carboxylic acids is 2. The van der Waals surface area contributed by atoms with Gasteiger partial charge in [-0.15, -0.1) is 0 Å². The molecule has 0 bridgehead atoms. The van der Waals surface area contributed by atoms with Gasteiger partial charge in [-0.05, 0) is 30.5 Å². The van der Waals surface area contributed by atoms with Gasteiger partial charge in [0.25, 0.3) is 0 Å². The Balaban J connectivity index is 2.60. The van der Waals surface area contributed by atoms with Crippen LogP contribution < -0.4 is 11.1 Å². The number of hydrogen-bond donors (Lipinski definition) is 4. The van der Waals surface area contributed by atoms with E-state index < -0.39 is 23.9 Å². The minimum Gasteiger partial charge on any atom is -0.478 e. The van der Waals surface area contributed by atoms with Crippen LogP contribution in [0, 0.1) is 6.92 Å². The van der Waals surface area contributed by atoms with Crippen LogP contribution in [0.15, 0.2) is 36.4 Å². The molecule has 0 unspecified atom stereocenters. The van der Waals surface area contributed by atoms with Crippen LogP contribution in [0.2, 0.25) is 0 Å². The Kier molecular flexibility index (Phi) is 6.89. The summed E-state index contributed by atoms with van der Waals surface area (Å²) in [5.41, 5.74) is 6.48. The van der Waals surface area contributed by atoms with Crippen molar-refractivity contribution in [3.8, 4) is 11.1 Å². The Hall–Kier alpha value is -3.19. The number of nitrogens with two attached hydrogens (primary N) is 1. The van der Waals surface area contributed by atoms with E-state index in [2.05, 4.69) is 5.32 Å². The summed E-state index contributed by atoms with van der Waals surface area (Å²) in [7, 11) is 0. The van der Waals surface area contributed by atoms with Gasteiger partial charge in [-0.3, -0.25) is 4.79 Å². The van der Waals surface area contributed by atoms with E-state index in [0.717, 1.165) is 12.8 Å². The predicted octanol–water partition coefficient (Wildman–Crippen LogP) is 3.51. The highest BCUT2D eigenvalue weighted by Crippen LogP contribution is 2.34. The summed E-state index contributed by atoms with van der Waals surface area (Å²) >= 11 is 0. The number of amides is 1. The third-order valence-corrected chi connectivity index (χ3v) is 4.56. The van der Waals surface area contributed by atoms with Crippen LogP contribution in [-0.2, 0) is 4.79 Å². The molecule has 148 valence electrons. The molecule has 0 aliphatic heterocycles. The molecule has 7 nitrogen and oxygen atoms in total. The van der Waals surface area contributed by atoms with Crippen LogP contribution in [0.25, 0.3) is 11.1 Å². The van der Waals surface area contributed by atoms with Crippen molar-refractivity contribution in [3.05, 3.63) is 53.1 Å². The molecule has 5 N–H and O–H groups in total. The average Bonchev–Trinajstić information content (AvgIpc) is 2.67.